The molecule has 4 aliphatic rings. The maximum Gasteiger partial charge on any atom is 0.262 e. The van der Waals surface area contributed by atoms with Crippen LogP contribution in [0.5, 0.6) is 0 Å². The van der Waals surface area contributed by atoms with Crippen LogP contribution in [0.3, 0.4) is 0 Å². The molecule has 2 atom stereocenters. The molecule has 5 rings (SSSR count). The number of nitrogens with one attached hydrogen (secondary N) is 2. The smallest absolute Gasteiger partial charge is 0.262 e. The van der Waals surface area contributed by atoms with Crippen molar-refractivity contribution in [2.75, 3.05) is 32.7 Å². The predicted molar refractivity (Wildman–Crippen MR) is 121 cm³/mol. The minimum Gasteiger partial charge on any atom is -0.339 e. The second-order valence-corrected chi connectivity index (χ2v) is 9.43. The van der Waals surface area contributed by atoms with Gasteiger partial charge in [-0.2, -0.15) is 0 Å². The van der Waals surface area contributed by atoms with Crippen molar-refractivity contribution in [3.8, 4) is 0 Å². The fraction of sp³-hybridized carbons (Fsp3) is 0.542. The summed E-state index contributed by atoms with van der Waals surface area (Å²) in [5, 5.41) is 5.53. The van der Waals surface area contributed by atoms with E-state index in [1.54, 1.807) is 12.1 Å². The number of piperazine rings is 1. The van der Waals surface area contributed by atoms with E-state index in [0.717, 1.165) is 49.4 Å². The molecule has 1 unspecified atom stereocenters. The zero-order valence-corrected chi connectivity index (χ0v) is 19.0. The first-order chi connectivity index (χ1) is 16.4. The van der Waals surface area contributed by atoms with Crippen molar-refractivity contribution in [3.05, 3.63) is 34.9 Å². The highest BCUT2D eigenvalue weighted by Gasteiger charge is 2.44. The molecule has 34 heavy (non-hydrogen) atoms. The number of fused-ring (bicyclic) bond motifs is 1. The fourth-order valence-electron chi connectivity index (χ4n) is 5.28. The molecule has 4 heterocycles. The summed E-state index contributed by atoms with van der Waals surface area (Å²) >= 11 is 0. The molecular formula is C24H29N5O5. The van der Waals surface area contributed by atoms with E-state index in [4.69, 9.17) is 0 Å². The third kappa shape index (κ3) is 4.23. The highest BCUT2D eigenvalue weighted by Crippen LogP contribution is 2.28. The van der Waals surface area contributed by atoms with Crippen molar-refractivity contribution in [3.63, 3.8) is 0 Å². The van der Waals surface area contributed by atoms with Crippen LogP contribution in [0, 0.1) is 0 Å². The highest BCUT2D eigenvalue weighted by atomic mass is 16.2. The zero-order valence-electron chi connectivity index (χ0n) is 19.0. The van der Waals surface area contributed by atoms with Crippen molar-refractivity contribution >= 4 is 29.5 Å². The lowest BCUT2D eigenvalue weighted by Crippen LogP contribution is -2.54. The maximum atomic E-state index is 13.0. The van der Waals surface area contributed by atoms with Gasteiger partial charge in [-0.15, -0.1) is 0 Å². The minimum absolute atomic E-state index is 0.0622. The quantitative estimate of drug-likeness (QED) is 0.593. The Morgan fingerprint density at radius 1 is 0.941 bits per heavy atom. The van der Waals surface area contributed by atoms with Crippen molar-refractivity contribution in [1.29, 1.82) is 0 Å². The van der Waals surface area contributed by atoms with Crippen LogP contribution in [-0.4, -0.2) is 89.0 Å². The van der Waals surface area contributed by atoms with Gasteiger partial charge >= 0.3 is 0 Å². The summed E-state index contributed by atoms with van der Waals surface area (Å²) in [7, 11) is 0. The molecule has 1 aromatic rings. The molecule has 0 aliphatic carbocycles. The van der Waals surface area contributed by atoms with Gasteiger partial charge in [0.2, 0.25) is 17.7 Å². The minimum atomic E-state index is -0.960. The summed E-state index contributed by atoms with van der Waals surface area (Å²) in [6.45, 7) is 4.33. The first-order valence-corrected chi connectivity index (χ1v) is 12.0. The summed E-state index contributed by atoms with van der Waals surface area (Å²) in [6, 6.07) is 4.18. The van der Waals surface area contributed by atoms with Gasteiger partial charge in [-0.1, -0.05) is 12.5 Å². The average Bonchev–Trinajstić information content (AvgIpc) is 3.09. The predicted octanol–water partition coefficient (Wildman–Crippen LogP) is -0.126. The summed E-state index contributed by atoms with van der Waals surface area (Å²) in [5.74, 6) is -1.80. The van der Waals surface area contributed by atoms with Crippen LogP contribution in [0.25, 0.3) is 0 Å². The molecule has 0 saturated carbocycles. The number of piperidine rings is 2. The molecule has 10 nitrogen and oxygen atoms in total. The standard InChI is InChI=1S/C24H29N5O5/c30-20-7-6-19(21(31)26-20)29-22(32)16-5-4-15(13-17(16)23(29)33)14-27-9-11-28(12-10-27)24(34)18-3-1-2-8-25-18/h4-5,13,18-19,25H,1-3,6-12,14H2,(H,26,30,31)/t18-,19?/m1/s1. The van der Waals surface area contributed by atoms with Gasteiger partial charge in [0, 0.05) is 39.1 Å². The van der Waals surface area contributed by atoms with Crippen LogP contribution >= 0.6 is 0 Å². The molecule has 0 radical (unpaired) electrons. The first kappa shape index (κ1) is 22.7. The lowest BCUT2D eigenvalue weighted by molar-refractivity contribution is -0.137. The molecule has 1 aromatic carbocycles. The first-order valence-electron chi connectivity index (χ1n) is 12.0. The Morgan fingerprint density at radius 3 is 2.41 bits per heavy atom. The van der Waals surface area contributed by atoms with E-state index in [2.05, 4.69) is 15.5 Å². The number of hydrogen-bond donors (Lipinski definition) is 2. The topological polar surface area (TPSA) is 119 Å². The molecule has 5 amide bonds. The molecule has 0 bridgehead atoms. The number of carbonyl (C=O) groups excluding carboxylic acids is 5. The summed E-state index contributed by atoms with van der Waals surface area (Å²) < 4.78 is 0. The molecule has 180 valence electrons. The number of rotatable bonds is 4. The number of hydrogen-bond acceptors (Lipinski definition) is 7. The van der Waals surface area contributed by atoms with E-state index in [1.165, 1.54) is 0 Å². The Kier molecular flexibility index (Phi) is 6.18. The van der Waals surface area contributed by atoms with Gasteiger partial charge in [-0.3, -0.25) is 39.1 Å². The van der Waals surface area contributed by atoms with Gasteiger partial charge in [0.05, 0.1) is 17.2 Å². The molecule has 3 fully saturated rings. The third-order valence-corrected chi connectivity index (χ3v) is 7.20. The second-order valence-electron chi connectivity index (χ2n) is 9.43. The number of nitrogens with zero attached hydrogens (tertiary/aromatic N) is 3. The van der Waals surface area contributed by atoms with Crippen molar-refractivity contribution in [1.82, 2.24) is 25.3 Å². The van der Waals surface area contributed by atoms with Crippen LogP contribution in [0.15, 0.2) is 18.2 Å². The van der Waals surface area contributed by atoms with E-state index in [0.29, 0.717) is 25.2 Å². The maximum absolute atomic E-state index is 13.0. The number of benzene rings is 1. The van der Waals surface area contributed by atoms with E-state index in [9.17, 15) is 24.0 Å². The molecule has 0 aromatic heterocycles. The van der Waals surface area contributed by atoms with Crippen molar-refractivity contribution in [2.45, 2.75) is 50.7 Å². The molecular weight excluding hydrogens is 438 g/mol. The lowest BCUT2D eigenvalue weighted by Gasteiger charge is -2.37. The third-order valence-electron chi connectivity index (χ3n) is 7.20. The Hall–Kier alpha value is -3.11. The zero-order chi connectivity index (χ0) is 23.8. The van der Waals surface area contributed by atoms with Gasteiger partial charge in [-0.05, 0) is 43.5 Å². The molecule has 4 aliphatic heterocycles. The van der Waals surface area contributed by atoms with E-state index in [1.807, 2.05) is 11.0 Å². The van der Waals surface area contributed by atoms with Crippen LogP contribution < -0.4 is 10.6 Å². The Morgan fingerprint density at radius 2 is 1.71 bits per heavy atom. The normalized spacial score (nSPS) is 26.0. The van der Waals surface area contributed by atoms with E-state index < -0.39 is 29.7 Å². The van der Waals surface area contributed by atoms with Crippen LogP contribution in [0.1, 0.15) is 58.4 Å². The SMILES string of the molecule is O=C1CCC(N2C(=O)c3ccc(CN4CCN(C(=O)[C@H]5CCCCN5)CC4)cc3C2=O)C(=O)N1. The van der Waals surface area contributed by atoms with Gasteiger partial charge in [0.1, 0.15) is 6.04 Å². The van der Waals surface area contributed by atoms with Crippen molar-refractivity contribution < 1.29 is 24.0 Å². The van der Waals surface area contributed by atoms with Crippen molar-refractivity contribution in [2.24, 2.45) is 0 Å². The van der Waals surface area contributed by atoms with Crippen LogP contribution in [-0.2, 0) is 20.9 Å². The van der Waals surface area contributed by atoms with Gasteiger partial charge < -0.3 is 10.2 Å². The van der Waals surface area contributed by atoms with Crippen LogP contribution in [0.4, 0.5) is 0 Å². The van der Waals surface area contributed by atoms with Gasteiger partial charge in [0.25, 0.3) is 11.8 Å². The number of amides is 5. The molecule has 2 N–H and O–H groups in total. The monoisotopic (exact) mass is 467 g/mol. The second kappa shape index (κ2) is 9.27. The molecule has 10 heteroatoms. The number of imide groups is 2. The molecule has 0 spiro atoms. The summed E-state index contributed by atoms with van der Waals surface area (Å²) in [6.07, 6.45) is 3.35. The molecule has 3 saturated heterocycles. The Bertz CT molecular complexity index is 1040. The lowest BCUT2D eigenvalue weighted by atomic mass is 10.0. The number of carbonyl (C=O) groups is 5. The summed E-state index contributed by atoms with van der Waals surface area (Å²) in [4.78, 5) is 67.4. The van der Waals surface area contributed by atoms with E-state index in [-0.39, 0.29) is 30.4 Å². The van der Waals surface area contributed by atoms with Gasteiger partial charge in [-0.25, -0.2) is 0 Å². The Balaban J connectivity index is 1.21. The fourth-order valence-corrected chi connectivity index (χ4v) is 5.28. The van der Waals surface area contributed by atoms with Crippen LogP contribution in [0.2, 0.25) is 0 Å². The van der Waals surface area contributed by atoms with Gasteiger partial charge in [0.15, 0.2) is 0 Å². The van der Waals surface area contributed by atoms with E-state index >= 15 is 0 Å². The highest BCUT2D eigenvalue weighted by molar-refractivity contribution is 6.23. The Labute approximate surface area is 197 Å². The summed E-state index contributed by atoms with van der Waals surface area (Å²) in [5.41, 5.74) is 1.48. The largest absolute Gasteiger partial charge is 0.339 e. The average molecular weight is 468 g/mol.